The largest absolute Gasteiger partial charge is 0.358 e. The summed E-state index contributed by atoms with van der Waals surface area (Å²) >= 11 is 0. The lowest BCUT2D eigenvalue weighted by atomic mass is 9.78. The summed E-state index contributed by atoms with van der Waals surface area (Å²) in [6, 6.07) is 2.51. The van der Waals surface area contributed by atoms with Crippen molar-refractivity contribution in [2.45, 2.75) is 44.6 Å². The van der Waals surface area contributed by atoms with Gasteiger partial charge in [0.15, 0.2) is 0 Å². The lowest BCUT2D eigenvalue weighted by molar-refractivity contribution is 0.196. The first-order valence-electron chi connectivity index (χ1n) is 8.63. The third-order valence-electron chi connectivity index (χ3n) is 5.29. The second-order valence-corrected chi connectivity index (χ2v) is 7.18. The normalized spacial score (nSPS) is 26.7. The van der Waals surface area contributed by atoms with Gasteiger partial charge in [-0.05, 0) is 44.7 Å². The summed E-state index contributed by atoms with van der Waals surface area (Å²) in [5.74, 6) is 2.47. The first-order chi connectivity index (χ1) is 10.6. The van der Waals surface area contributed by atoms with Crippen LogP contribution in [0.3, 0.4) is 0 Å². The molecule has 0 aromatic carbocycles. The Bertz CT molecular complexity index is 478. The fourth-order valence-corrected chi connectivity index (χ4v) is 3.39. The predicted octanol–water partition coefficient (Wildman–Crippen LogP) is 1.85. The van der Waals surface area contributed by atoms with Gasteiger partial charge < -0.3 is 15.5 Å². The van der Waals surface area contributed by atoms with E-state index in [0.29, 0.717) is 12.0 Å². The average molecular weight is 303 g/mol. The maximum absolute atomic E-state index is 5.88. The highest BCUT2D eigenvalue weighted by atomic mass is 15.2. The van der Waals surface area contributed by atoms with Crippen LogP contribution in [-0.2, 0) is 0 Å². The number of hydrogen-bond donors (Lipinski definition) is 1. The smallest absolute Gasteiger partial charge is 0.131 e. The highest BCUT2D eigenvalue weighted by Crippen LogP contribution is 2.35. The molecule has 0 radical (unpaired) electrons. The molecule has 2 N–H and O–H groups in total. The van der Waals surface area contributed by atoms with Crippen molar-refractivity contribution in [2.75, 3.05) is 38.1 Å². The molecule has 1 saturated carbocycles. The number of anilines is 1. The highest BCUT2D eigenvalue weighted by molar-refractivity contribution is 5.39. The molecule has 2 heterocycles. The molecule has 0 unspecified atom stereocenters. The van der Waals surface area contributed by atoms with Gasteiger partial charge >= 0.3 is 0 Å². The molecule has 1 aliphatic heterocycles. The number of hydrogen-bond acceptors (Lipinski definition) is 5. The van der Waals surface area contributed by atoms with Gasteiger partial charge in [-0.2, -0.15) is 0 Å². The maximum atomic E-state index is 5.88. The van der Waals surface area contributed by atoms with Crippen molar-refractivity contribution in [3.05, 3.63) is 18.1 Å². The Balaban J connectivity index is 1.51. The Labute approximate surface area is 133 Å². The Kier molecular flexibility index (Phi) is 4.93. The molecule has 5 nitrogen and oxygen atoms in total. The van der Waals surface area contributed by atoms with Crippen LogP contribution >= 0.6 is 0 Å². The van der Waals surface area contributed by atoms with Gasteiger partial charge in [0, 0.05) is 43.9 Å². The third kappa shape index (κ3) is 3.76. The molecule has 0 bridgehead atoms. The summed E-state index contributed by atoms with van der Waals surface area (Å²) in [7, 11) is 2.13. The molecule has 0 atom stereocenters. The fourth-order valence-electron chi connectivity index (χ4n) is 3.39. The van der Waals surface area contributed by atoms with E-state index < -0.39 is 0 Å². The van der Waals surface area contributed by atoms with Gasteiger partial charge in [0.05, 0.1) is 0 Å². The minimum Gasteiger partial charge on any atom is -0.358 e. The lowest BCUT2D eigenvalue weighted by Crippen LogP contribution is -2.38. The zero-order valence-corrected chi connectivity index (χ0v) is 13.9. The van der Waals surface area contributed by atoms with E-state index in [4.69, 9.17) is 5.73 Å². The van der Waals surface area contributed by atoms with E-state index in [-0.39, 0.29) is 0 Å². The minimum absolute atomic E-state index is 0.364. The summed E-state index contributed by atoms with van der Waals surface area (Å²) < 4.78 is 0. The molecular weight excluding hydrogens is 274 g/mol. The van der Waals surface area contributed by atoms with Crippen molar-refractivity contribution in [2.24, 2.45) is 11.7 Å². The van der Waals surface area contributed by atoms with Crippen LogP contribution in [0.15, 0.2) is 12.4 Å². The SMILES string of the molecule is CC1CCN(CCN(C)c2cc(C3CC(N)C3)ncn2)CC1. The summed E-state index contributed by atoms with van der Waals surface area (Å²) in [6.45, 7) is 6.98. The predicted molar refractivity (Wildman–Crippen MR) is 90.1 cm³/mol. The van der Waals surface area contributed by atoms with E-state index in [1.165, 1.54) is 25.9 Å². The van der Waals surface area contributed by atoms with Gasteiger partial charge in [0.2, 0.25) is 0 Å². The molecule has 3 rings (SSSR count). The number of likely N-dealkylation sites (tertiary alicyclic amines) is 1. The first kappa shape index (κ1) is 15.7. The molecule has 1 aromatic heterocycles. The average Bonchev–Trinajstić information content (AvgIpc) is 2.51. The van der Waals surface area contributed by atoms with Gasteiger partial charge in [0.25, 0.3) is 0 Å². The van der Waals surface area contributed by atoms with Crippen LogP contribution < -0.4 is 10.6 Å². The zero-order valence-electron chi connectivity index (χ0n) is 13.9. The van der Waals surface area contributed by atoms with E-state index in [9.17, 15) is 0 Å². The van der Waals surface area contributed by atoms with E-state index >= 15 is 0 Å². The van der Waals surface area contributed by atoms with E-state index in [1.54, 1.807) is 6.33 Å². The molecule has 22 heavy (non-hydrogen) atoms. The number of piperidine rings is 1. The Hall–Kier alpha value is -1.20. The topological polar surface area (TPSA) is 58.3 Å². The van der Waals surface area contributed by atoms with Crippen LogP contribution in [-0.4, -0.2) is 54.1 Å². The molecule has 1 aromatic rings. The number of rotatable bonds is 5. The van der Waals surface area contributed by atoms with Gasteiger partial charge in [-0.1, -0.05) is 6.92 Å². The Morgan fingerprint density at radius 3 is 2.68 bits per heavy atom. The summed E-state index contributed by atoms with van der Waals surface area (Å²) in [4.78, 5) is 13.7. The minimum atomic E-state index is 0.364. The molecule has 1 aliphatic carbocycles. The van der Waals surface area contributed by atoms with Crippen molar-refractivity contribution >= 4 is 5.82 Å². The number of nitrogens with two attached hydrogens (primary N) is 1. The number of nitrogens with zero attached hydrogens (tertiary/aromatic N) is 4. The summed E-state index contributed by atoms with van der Waals surface area (Å²) in [5, 5.41) is 0. The lowest BCUT2D eigenvalue weighted by Gasteiger charge is -2.33. The standard InChI is InChI=1S/C17H29N5/c1-13-3-5-22(6-4-13)8-7-21(2)17-11-16(19-12-20-17)14-9-15(18)10-14/h11-15H,3-10,18H2,1-2H3. The van der Waals surface area contributed by atoms with Gasteiger partial charge in [-0.25, -0.2) is 9.97 Å². The van der Waals surface area contributed by atoms with Crippen LogP contribution in [0.25, 0.3) is 0 Å². The monoisotopic (exact) mass is 303 g/mol. The number of aromatic nitrogens is 2. The highest BCUT2D eigenvalue weighted by Gasteiger charge is 2.28. The molecule has 1 saturated heterocycles. The van der Waals surface area contributed by atoms with Crippen LogP contribution in [0.2, 0.25) is 0 Å². The van der Waals surface area contributed by atoms with Crippen LogP contribution in [0.5, 0.6) is 0 Å². The van der Waals surface area contributed by atoms with Gasteiger partial charge in [-0.15, -0.1) is 0 Å². The fraction of sp³-hybridized carbons (Fsp3) is 0.765. The van der Waals surface area contributed by atoms with Crippen LogP contribution in [0.1, 0.15) is 44.2 Å². The molecule has 0 spiro atoms. The van der Waals surface area contributed by atoms with Gasteiger partial charge in [-0.3, -0.25) is 0 Å². The van der Waals surface area contributed by atoms with Crippen molar-refractivity contribution in [3.8, 4) is 0 Å². The first-order valence-corrected chi connectivity index (χ1v) is 8.63. The van der Waals surface area contributed by atoms with E-state index in [1.807, 2.05) is 0 Å². The second-order valence-electron chi connectivity index (χ2n) is 7.18. The van der Waals surface area contributed by atoms with Crippen LogP contribution in [0.4, 0.5) is 5.82 Å². The second kappa shape index (κ2) is 6.92. The van der Waals surface area contributed by atoms with Crippen molar-refractivity contribution in [1.82, 2.24) is 14.9 Å². The molecular formula is C17H29N5. The third-order valence-corrected chi connectivity index (χ3v) is 5.29. The van der Waals surface area contributed by atoms with Crippen LogP contribution in [0, 0.1) is 5.92 Å². The van der Waals surface area contributed by atoms with Gasteiger partial charge in [0.1, 0.15) is 12.1 Å². The zero-order chi connectivity index (χ0) is 15.5. The molecule has 5 heteroatoms. The molecule has 2 fully saturated rings. The molecule has 2 aliphatic rings. The van der Waals surface area contributed by atoms with Crippen molar-refractivity contribution in [1.29, 1.82) is 0 Å². The Morgan fingerprint density at radius 1 is 1.27 bits per heavy atom. The molecule has 122 valence electrons. The Morgan fingerprint density at radius 2 is 2.00 bits per heavy atom. The summed E-state index contributed by atoms with van der Waals surface area (Å²) in [5.41, 5.74) is 7.04. The maximum Gasteiger partial charge on any atom is 0.131 e. The quantitative estimate of drug-likeness (QED) is 0.899. The van der Waals surface area contributed by atoms with E-state index in [2.05, 4.69) is 39.8 Å². The van der Waals surface area contributed by atoms with Crippen molar-refractivity contribution in [3.63, 3.8) is 0 Å². The molecule has 0 amide bonds. The van der Waals surface area contributed by atoms with Crippen molar-refractivity contribution < 1.29 is 0 Å². The van der Waals surface area contributed by atoms with E-state index in [0.717, 1.165) is 43.4 Å². The summed E-state index contributed by atoms with van der Waals surface area (Å²) in [6.07, 6.45) is 6.50. The number of likely N-dealkylation sites (N-methyl/N-ethyl adjacent to an activating group) is 1.